The number of hydrogen-bond acceptors (Lipinski definition) is 4. The van der Waals surface area contributed by atoms with Crippen LogP contribution >= 0.6 is 15.9 Å². The topological polar surface area (TPSA) is 54.4 Å². The van der Waals surface area contributed by atoms with Crippen LogP contribution in [0.5, 0.6) is 0 Å². The lowest BCUT2D eigenvalue weighted by molar-refractivity contribution is 0.0318. The Morgan fingerprint density at radius 2 is 2.18 bits per heavy atom. The van der Waals surface area contributed by atoms with Gasteiger partial charge in [0.15, 0.2) is 0 Å². The lowest BCUT2D eigenvalue weighted by Gasteiger charge is -2.14. The van der Waals surface area contributed by atoms with E-state index in [4.69, 9.17) is 4.74 Å². The predicted octanol–water partition coefficient (Wildman–Crippen LogP) is 2.29. The van der Waals surface area contributed by atoms with Crippen LogP contribution in [0.25, 0.3) is 0 Å². The second-order valence-electron chi connectivity index (χ2n) is 4.36. The van der Waals surface area contributed by atoms with Crippen LogP contribution in [0, 0.1) is 5.92 Å². The highest BCUT2D eigenvalue weighted by Crippen LogP contribution is 2.13. The van der Waals surface area contributed by atoms with Crippen molar-refractivity contribution in [2.75, 3.05) is 25.1 Å². The lowest BCUT2D eigenvalue weighted by atomic mass is 10.2. The van der Waals surface area contributed by atoms with E-state index in [-0.39, 0.29) is 0 Å². The molecule has 96 valence electrons. The summed E-state index contributed by atoms with van der Waals surface area (Å²) in [6, 6.07) is 1.91. The summed E-state index contributed by atoms with van der Waals surface area (Å²) in [6.07, 6.45) is 2.92. The molecule has 0 saturated heterocycles. The van der Waals surface area contributed by atoms with E-state index in [0.717, 1.165) is 10.2 Å². The van der Waals surface area contributed by atoms with Gasteiger partial charge in [-0.05, 0) is 27.9 Å². The highest BCUT2D eigenvalue weighted by molar-refractivity contribution is 9.10. The van der Waals surface area contributed by atoms with E-state index in [1.807, 2.05) is 6.07 Å². The van der Waals surface area contributed by atoms with Crippen LogP contribution in [-0.4, -0.2) is 36.0 Å². The first-order valence-electron chi connectivity index (χ1n) is 5.68. The summed E-state index contributed by atoms with van der Waals surface area (Å²) in [6.45, 7) is 5.65. The van der Waals surface area contributed by atoms with E-state index in [0.29, 0.717) is 25.7 Å². The summed E-state index contributed by atoms with van der Waals surface area (Å²) in [5.74, 6) is 0.490. The van der Waals surface area contributed by atoms with Gasteiger partial charge in [-0.15, -0.1) is 0 Å². The molecule has 1 aromatic heterocycles. The number of hydrogen-bond donors (Lipinski definition) is 2. The second kappa shape index (κ2) is 7.63. The van der Waals surface area contributed by atoms with Crippen molar-refractivity contribution in [1.29, 1.82) is 0 Å². The molecule has 0 bridgehead atoms. The number of aliphatic hydroxyl groups is 1. The van der Waals surface area contributed by atoms with Crippen molar-refractivity contribution in [1.82, 2.24) is 4.98 Å². The van der Waals surface area contributed by atoms with Crippen LogP contribution < -0.4 is 5.32 Å². The van der Waals surface area contributed by atoms with E-state index in [2.05, 4.69) is 40.1 Å². The number of nitrogens with zero attached hydrogens (tertiary/aromatic N) is 1. The lowest BCUT2D eigenvalue weighted by Crippen LogP contribution is -2.25. The van der Waals surface area contributed by atoms with E-state index in [9.17, 15) is 5.11 Å². The summed E-state index contributed by atoms with van der Waals surface area (Å²) < 4.78 is 6.26. The SMILES string of the molecule is CC(C)COCC(O)CNc1cncc(Br)c1. The van der Waals surface area contributed by atoms with Gasteiger partial charge in [-0.2, -0.15) is 0 Å². The van der Waals surface area contributed by atoms with Crippen LogP contribution in [0.15, 0.2) is 22.9 Å². The van der Waals surface area contributed by atoms with E-state index >= 15 is 0 Å². The highest BCUT2D eigenvalue weighted by Gasteiger charge is 2.05. The molecule has 0 saturated carbocycles. The molecule has 1 aromatic rings. The molecule has 1 rings (SSSR count). The van der Waals surface area contributed by atoms with Crippen molar-refractivity contribution in [3.8, 4) is 0 Å². The normalized spacial score (nSPS) is 12.8. The van der Waals surface area contributed by atoms with Crippen molar-refractivity contribution in [2.24, 2.45) is 5.92 Å². The molecule has 4 nitrogen and oxygen atoms in total. The van der Waals surface area contributed by atoms with Gasteiger partial charge < -0.3 is 15.2 Å². The molecule has 0 aliphatic rings. The Balaban J connectivity index is 2.21. The molecule has 0 fully saturated rings. The molecule has 1 atom stereocenters. The fourth-order valence-electron chi connectivity index (χ4n) is 1.24. The number of halogens is 1. The molecular weight excluding hydrogens is 284 g/mol. The zero-order valence-corrected chi connectivity index (χ0v) is 11.8. The Bertz CT molecular complexity index is 334. The van der Waals surface area contributed by atoms with Gasteiger partial charge in [-0.1, -0.05) is 13.8 Å². The van der Waals surface area contributed by atoms with Gasteiger partial charge in [0.1, 0.15) is 0 Å². The molecule has 0 aromatic carbocycles. The Kier molecular flexibility index (Phi) is 6.47. The number of ether oxygens (including phenoxy) is 1. The average Bonchev–Trinajstić information content (AvgIpc) is 2.26. The van der Waals surface area contributed by atoms with Crippen molar-refractivity contribution in [2.45, 2.75) is 20.0 Å². The maximum Gasteiger partial charge on any atom is 0.0945 e. The number of pyridine rings is 1. The third-order valence-electron chi connectivity index (χ3n) is 2.01. The van der Waals surface area contributed by atoms with Crippen LogP contribution in [-0.2, 0) is 4.74 Å². The maximum atomic E-state index is 9.67. The third-order valence-corrected chi connectivity index (χ3v) is 2.44. The first-order valence-corrected chi connectivity index (χ1v) is 6.47. The molecule has 1 heterocycles. The van der Waals surface area contributed by atoms with Crippen molar-refractivity contribution in [3.05, 3.63) is 22.9 Å². The summed E-state index contributed by atoms with van der Waals surface area (Å²) in [5.41, 5.74) is 0.877. The van der Waals surface area contributed by atoms with Gasteiger partial charge in [-0.25, -0.2) is 0 Å². The smallest absolute Gasteiger partial charge is 0.0945 e. The molecule has 2 N–H and O–H groups in total. The second-order valence-corrected chi connectivity index (χ2v) is 5.27. The Morgan fingerprint density at radius 1 is 1.41 bits per heavy atom. The van der Waals surface area contributed by atoms with Crippen LogP contribution in [0.1, 0.15) is 13.8 Å². The van der Waals surface area contributed by atoms with Gasteiger partial charge in [0.05, 0.1) is 24.6 Å². The van der Waals surface area contributed by atoms with Crippen LogP contribution in [0.3, 0.4) is 0 Å². The monoisotopic (exact) mass is 302 g/mol. The summed E-state index contributed by atoms with van der Waals surface area (Å²) in [4.78, 5) is 4.03. The molecule has 1 unspecified atom stereocenters. The number of rotatable bonds is 7. The van der Waals surface area contributed by atoms with E-state index < -0.39 is 6.10 Å². The standard InChI is InChI=1S/C12H19BrN2O2/c1-9(2)7-17-8-12(16)6-15-11-3-10(13)4-14-5-11/h3-5,9,12,15-16H,6-8H2,1-2H3. The van der Waals surface area contributed by atoms with Gasteiger partial charge in [0, 0.05) is 23.8 Å². The minimum atomic E-state index is -0.507. The van der Waals surface area contributed by atoms with E-state index in [1.54, 1.807) is 12.4 Å². The first kappa shape index (κ1) is 14.4. The Hall–Kier alpha value is -0.650. The van der Waals surface area contributed by atoms with Crippen molar-refractivity contribution in [3.63, 3.8) is 0 Å². The molecule has 0 amide bonds. The molecule has 5 heteroatoms. The highest BCUT2D eigenvalue weighted by atomic mass is 79.9. The number of nitrogens with one attached hydrogen (secondary N) is 1. The predicted molar refractivity (Wildman–Crippen MR) is 72.1 cm³/mol. The van der Waals surface area contributed by atoms with E-state index in [1.165, 1.54) is 0 Å². The first-order chi connectivity index (χ1) is 8.08. The van der Waals surface area contributed by atoms with Gasteiger partial charge >= 0.3 is 0 Å². The summed E-state index contributed by atoms with van der Waals surface area (Å²) in [7, 11) is 0. The number of aromatic nitrogens is 1. The van der Waals surface area contributed by atoms with Crippen LogP contribution in [0.4, 0.5) is 5.69 Å². The molecular formula is C12H19BrN2O2. The third kappa shape index (κ3) is 6.61. The maximum absolute atomic E-state index is 9.67. The fourth-order valence-corrected chi connectivity index (χ4v) is 1.61. The minimum Gasteiger partial charge on any atom is -0.389 e. The average molecular weight is 303 g/mol. The summed E-state index contributed by atoms with van der Waals surface area (Å²) >= 11 is 3.34. The van der Waals surface area contributed by atoms with Crippen molar-refractivity contribution < 1.29 is 9.84 Å². The van der Waals surface area contributed by atoms with Gasteiger partial charge in [0.2, 0.25) is 0 Å². The fraction of sp³-hybridized carbons (Fsp3) is 0.583. The largest absolute Gasteiger partial charge is 0.389 e. The minimum absolute atomic E-state index is 0.354. The molecule has 0 spiro atoms. The Labute approximate surface area is 111 Å². The quantitative estimate of drug-likeness (QED) is 0.811. The Morgan fingerprint density at radius 3 is 2.82 bits per heavy atom. The zero-order chi connectivity index (χ0) is 12.7. The molecule has 0 radical (unpaired) electrons. The van der Waals surface area contributed by atoms with Crippen molar-refractivity contribution >= 4 is 21.6 Å². The molecule has 0 aliphatic carbocycles. The number of aliphatic hydroxyl groups excluding tert-OH is 1. The van der Waals surface area contributed by atoms with Crippen LogP contribution in [0.2, 0.25) is 0 Å². The van der Waals surface area contributed by atoms with Gasteiger partial charge in [0.25, 0.3) is 0 Å². The van der Waals surface area contributed by atoms with Gasteiger partial charge in [-0.3, -0.25) is 4.98 Å². The molecule has 17 heavy (non-hydrogen) atoms. The zero-order valence-electron chi connectivity index (χ0n) is 10.2. The number of anilines is 1. The summed E-state index contributed by atoms with van der Waals surface area (Å²) in [5, 5.41) is 12.8. The molecule has 0 aliphatic heterocycles.